The molecule has 15 heavy (non-hydrogen) atoms. The third-order valence-corrected chi connectivity index (χ3v) is 3.70. The van der Waals surface area contributed by atoms with E-state index in [2.05, 4.69) is 25.7 Å². The maximum absolute atomic E-state index is 6.35. The Balaban J connectivity index is 2.65. The van der Waals surface area contributed by atoms with Gasteiger partial charge in [0.15, 0.2) is 0 Å². The van der Waals surface area contributed by atoms with Crippen molar-refractivity contribution in [3.05, 3.63) is 0 Å². The van der Waals surface area contributed by atoms with Crippen LogP contribution in [-0.2, 0) is 0 Å². The van der Waals surface area contributed by atoms with Crippen LogP contribution in [0.3, 0.4) is 0 Å². The van der Waals surface area contributed by atoms with Crippen LogP contribution in [0.2, 0.25) is 0 Å². The molecule has 1 unspecified atom stereocenters. The summed E-state index contributed by atoms with van der Waals surface area (Å²) < 4.78 is 0. The lowest BCUT2D eigenvalue weighted by molar-refractivity contribution is 0.184. The fourth-order valence-electron chi connectivity index (χ4n) is 3.05. The fourth-order valence-corrected chi connectivity index (χ4v) is 3.05. The molecule has 0 aromatic carbocycles. The van der Waals surface area contributed by atoms with E-state index in [1.54, 1.807) is 0 Å². The number of nitrogens with two attached hydrogens (primary N) is 1. The van der Waals surface area contributed by atoms with Crippen LogP contribution in [0.4, 0.5) is 0 Å². The third kappa shape index (κ3) is 3.24. The third-order valence-electron chi connectivity index (χ3n) is 3.70. The summed E-state index contributed by atoms with van der Waals surface area (Å²) in [4.78, 5) is 0. The van der Waals surface area contributed by atoms with Crippen LogP contribution in [0.1, 0.15) is 59.3 Å². The van der Waals surface area contributed by atoms with Gasteiger partial charge >= 0.3 is 0 Å². The number of hydrogen-bond acceptors (Lipinski definition) is 1. The van der Waals surface area contributed by atoms with Gasteiger partial charge < -0.3 is 5.73 Å². The average molecular weight is 207 g/mol. The Hall–Kier alpha value is -0.480. The summed E-state index contributed by atoms with van der Waals surface area (Å²) in [6.45, 7) is 6.51. The Morgan fingerprint density at radius 3 is 2.33 bits per heavy atom. The molecule has 1 saturated carbocycles. The molecule has 1 heteroatoms. The van der Waals surface area contributed by atoms with Gasteiger partial charge in [-0.1, -0.05) is 26.7 Å². The van der Waals surface area contributed by atoms with Crippen molar-refractivity contribution in [2.75, 3.05) is 0 Å². The summed E-state index contributed by atoms with van der Waals surface area (Å²) >= 11 is 0. The van der Waals surface area contributed by atoms with E-state index in [9.17, 15) is 0 Å². The topological polar surface area (TPSA) is 26.0 Å². The van der Waals surface area contributed by atoms with Crippen molar-refractivity contribution < 1.29 is 0 Å². The minimum atomic E-state index is 0.287. The fraction of sp³-hybridized carbons (Fsp3) is 0.857. The molecule has 0 bridgehead atoms. The van der Waals surface area contributed by atoms with Crippen LogP contribution in [-0.4, -0.2) is 6.04 Å². The minimum Gasteiger partial charge on any atom is -0.326 e. The first kappa shape index (κ1) is 12.6. The van der Waals surface area contributed by atoms with Gasteiger partial charge in [-0.25, -0.2) is 0 Å². The van der Waals surface area contributed by atoms with Crippen molar-refractivity contribution in [1.29, 1.82) is 0 Å². The van der Waals surface area contributed by atoms with E-state index in [-0.39, 0.29) is 6.04 Å². The Morgan fingerprint density at radius 2 is 1.87 bits per heavy atom. The van der Waals surface area contributed by atoms with Gasteiger partial charge in [-0.15, -0.1) is 11.8 Å². The maximum Gasteiger partial charge on any atom is 0.0246 e. The quantitative estimate of drug-likeness (QED) is 0.703. The van der Waals surface area contributed by atoms with Gasteiger partial charge in [0.05, 0.1) is 0 Å². The SMILES string of the molecule is CC#CCC(N)C1(CC(C)C)CCCC1. The second-order valence-electron chi connectivity index (χ2n) is 5.40. The van der Waals surface area contributed by atoms with E-state index in [0.717, 1.165) is 12.3 Å². The van der Waals surface area contributed by atoms with E-state index in [4.69, 9.17) is 5.73 Å². The standard InChI is InChI=1S/C14H25N/c1-4-5-8-13(15)14(11-12(2)3)9-6-7-10-14/h12-13H,6-11,15H2,1-3H3. The summed E-state index contributed by atoms with van der Waals surface area (Å²) in [6, 6.07) is 0.287. The lowest BCUT2D eigenvalue weighted by Crippen LogP contribution is -2.40. The lowest BCUT2D eigenvalue weighted by atomic mass is 9.72. The molecule has 0 saturated heterocycles. The maximum atomic E-state index is 6.35. The Kier molecular flexibility index (Phi) is 4.67. The first-order chi connectivity index (χ1) is 7.10. The molecule has 1 fully saturated rings. The first-order valence-corrected chi connectivity index (χ1v) is 6.26. The summed E-state index contributed by atoms with van der Waals surface area (Å²) in [6.07, 6.45) is 7.51. The first-order valence-electron chi connectivity index (χ1n) is 6.26. The minimum absolute atomic E-state index is 0.287. The highest BCUT2D eigenvalue weighted by Crippen LogP contribution is 2.45. The van der Waals surface area contributed by atoms with E-state index < -0.39 is 0 Å². The molecule has 0 radical (unpaired) electrons. The second-order valence-corrected chi connectivity index (χ2v) is 5.40. The molecule has 1 atom stereocenters. The average Bonchev–Trinajstić information content (AvgIpc) is 2.62. The zero-order valence-corrected chi connectivity index (χ0v) is 10.5. The lowest BCUT2D eigenvalue weighted by Gasteiger charge is -2.36. The predicted octanol–water partition coefficient (Wildman–Crippen LogP) is 3.33. The Labute approximate surface area is 94.8 Å². The van der Waals surface area contributed by atoms with Crippen molar-refractivity contribution >= 4 is 0 Å². The molecule has 1 aliphatic carbocycles. The molecule has 0 amide bonds. The zero-order chi connectivity index (χ0) is 11.3. The Morgan fingerprint density at radius 1 is 1.27 bits per heavy atom. The molecular formula is C14H25N. The molecule has 0 spiro atoms. The van der Waals surface area contributed by atoms with Gasteiger partial charge in [0.2, 0.25) is 0 Å². The van der Waals surface area contributed by atoms with Crippen LogP contribution in [0, 0.1) is 23.2 Å². The second kappa shape index (κ2) is 5.56. The molecule has 1 nitrogen and oxygen atoms in total. The van der Waals surface area contributed by atoms with Gasteiger partial charge in [0.25, 0.3) is 0 Å². The molecule has 1 aliphatic rings. The van der Waals surface area contributed by atoms with Crippen LogP contribution in [0.25, 0.3) is 0 Å². The van der Waals surface area contributed by atoms with E-state index >= 15 is 0 Å². The molecule has 0 heterocycles. The van der Waals surface area contributed by atoms with Gasteiger partial charge in [0.1, 0.15) is 0 Å². The number of hydrogen-bond donors (Lipinski definition) is 1. The van der Waals surface area contributed by atoms with Crippen LogP contribution < -0.4 is 5.73 Å². The van der Waals surface area contributed by atoms with Crippen LogP contribution in [0.15, 0.2) is 0 Å². The van der Waals surface area contributed by atoms with Crippen LogP contribution in [0.5, 0.6) is 0 Å². The zero-order valence-electron chi connectivity index (χ0n) is 10.5. The molecule has 0 aromatic heterocycles. The van der Waals surface area contributed by atoms with Gasteiger partial charge in [-0.05, 0) is 37.5 Å². The highest BCUT2D eigenvalue weighted by molar-refractivity contribution is 5.03. The Bertz CT molecular complexity index is 238. The van der Waals surface area contributed by atoms with Crippen molar-refractivity contribution in [2.45, 2.75) is 65.3 Å². The van der Waals surface area contributed by atoms with Gasteiger partial charge in [0, 0.05) is 12.5 Å². The van der Waals surface area contributed by atoms with Crippen molar-refractivity contribution in [1.82, 2.24) is 0 Å². The number of rotatable bonds is 4. The largest absolute Gasteiger partial charge is 0.326 e. The van der Waals surface area contributed by atoms with Gasteiger partial charge in [-0.3, -0.25) is 0 Å². The smallest absolute Gasteiger partial charge is 0.0246 e. The van der Waals surface area contributed by atoms with Crippen LogP contribution >= 0.6 is 0 Å². The monoisotopic (exact) mass is 207 g/mol. The highest BCUT2D eigenvalue weighted by atomic mass is 14.7. The summed E-state index contributed by atoms with van der Waals surface area (Å²) in [5.41, 5.74) is 6.75. The molecule has 86 valence electrons. The molecule has 0 aliphatic heterocycles. The van der Waals surface area contributed by atoms with Crippen molar-refractivity contribution in [3.63, 3.8) is 0 Å². The van der Waals surface area contributed by atoms with E-state index in [1.165, 1.54) is 32.1 Å². The highest BCUT2D eigenvalue weighted by Gasteiger charge is 2.39. The summed E-state index contributed by atoms with van der Waals surface area (Å²) in [7, 11) is 0. The normalized spacial score (nSPS) is 21.1. The van der Waals surface area contributed by atoms with Crippen molar-refractivity contribution in [3.8, 4) is 11.8 Å². The van der Waals surface area contributed by atoms with Gasteiger partial charge in [-0.2, -0.15) is 0 Å². The predicted molar refractivity (Wildman–Crippen MR) is 66.4 cm³/mol. The molecular weight excluding hydrogens is 182 g/mol. The molecule has 0 aromatic rings. The summed E-state index contributed by atoms with van der Waals surface area (Å²) in [5, 5.41) is 0. The summed E-state index contributed by atoms with van der Waals surface area (Å²) in [5.74, 6) is 6.86. The molecule has 2 N–H and O–H groups in total. The van der Waals surface area contributed by atoms with E-state index in [0.29, 0.717) is 5.41 Å². The van der Waals surface area contributed by atoms with E-state index in [1.807, 2.05) is 6.92 Å². The molecule has 1 rings (SSSR count). The van der Waals surface area contributed by atoms with Crippen molar-refractivity contribution in [2.24, 2.45) is 17.1 Å².